The molecule has 0 spiro atoms. The van der Waals surface area contributed by atoms with Crippen LogP contribution in [0.3, 0.4) is 0 Å². The normalized spacial score (nSPS) is 28.7. The number of amides is 1. The minimum Gasteiger partial charge on any atom is -0.342 e. The van der Waals surface area contributed by atoms with Crippen molar-refractivity contribution < 1.29 is 9.32 Å². The first-order valence-corrected chi connectivity index (χ1v) is 10.00. The largest absolute Gasteiger partial charge is 0.342 e. The van der Waals surface area contributed by atoms with Gasteiger partial charge in [-0.05, 0) is 56.1 Å². The minimum absolute atomic E-state index is 0. The SMILES string of the molecule is Cl.Cl.NC1C2CCC(C2)C1C(=O)N1CCC(c2nc(-c3ccccn3)no2)CC1. The Morgan fingerprint density at radius 2 is 1.86 bits per heavy atom. The number of hydrogen-bond donors (Lipinski definition) is 1. The van der Waals surface area contributed by atoms with E-state index in [1.54, 1.807) is 6.20 Å². The predicted octanol–water partition coefficient (Wildman–Crippen LogP) is 3.05. The number of piperidine rings is 1. The zero-order chi connectivity index (χ0) is 18.4. The fraction of sp³-hybridized carbons (Fsp3) is 0.600. The highest BCUT2D eigenvalue weighted by Gasteiger charge is 2.50. The molecule has 3 fully saturated rings. The van der Waals surface area contributed by atoms with Crippen molar-refractivity contribution >= 4 is 30.7 Å². The van der Waals surface area contributed by atoms with Gasteiger partial charge in [0.15, 0.2) is 0 Å². The lowest BCUT2D eigenvalue weighted by Gasteiger charge is -2.36. The second-order valence-electron chi connectivity index (χ2n) is 8.21. The molecule has 2 saturated carbocycles. The number of halogens is 2. The summed E-state index contributed by atoms with van der Waals surface area (Å²) in [4.78, 5) is 23.8. The quantitative estimate of drug-likeness (QED) is 0.788. The highest BCUT2D eigenvalue weighted by atomic mass is 35.5. The summed E-state index contributed by atoms with van der Waals surface area (Å²) < 4.78 is 5.49. The van der Waals surface area contributed by atoms with E-state index in [-0.39, 0.29) is 48.6 Å². The number of hydrogen-bond acceptors (Lipinski definition) is 6. The van der Waals surface area contributed by atoms with Gasteiger partial charge in [-0.15, -0.1) is 24.8 Å². The maximum atomic E-state index is 13.0. The average molecular weight is 440 g/mol. The van der Waals surface area contributed by atoms with Crippen molar-refractivity contribution in [3.63, 3.8) is 0 Å². The Balaban J connectivity index is 0.00000120. The highest BCUT2D eigenvalue weighted by Crippen LogP contribution is 2.48. The Morgan fingerprint density at radius 3 is 2.52 bits per heavy atom. The summed E-state index contributed by atoms with van der Waals surface area (Å²) in [7, 11) is 0. The van der Waals surface area contributed by atoms with E-state index in [9.17, 15) is 4.79 Å². The molecule has 1 saturated heterocycles. The number of pyridine rings is 1. The molecule has 3 heterocycles. The first kappa shape index (κ1) is 22.0. The molecule has 2 aliphatic carbocycles. The minimum atomic E-state index is 0. The summed E-state index contributed by atoms with van der Waals surface area (Å²) in [6.45, 7) is 1.48. The molecular weight excluding hydrogens is 413 g/mol. The van der Waals surface area contributed by atoms with E-state index in [4.69, 9.17) is 10.3 Å². The van der Waals surface area contributed by atoms with Crippen molar-refractivity contribution in [2.75, 3.05) is 13.1 Å². The number of likely N-dealkylation sites (tertiary alicyclic amines) is 1. The number of carbonyl (C=O) groups is 1. The van der Waals surface area contributed by atoms with Crippen LogP contribution in [0.2, 0.25) is 0 Å². The molecule has 2 N–H and O–H groups in total. The Kier molecular flexibility index (Phi) is 6.81. The third-order valence-electron chi connectivity index (χ3n) is 6.76. The second-order valence-corrected chi connectivity index (χ2v) is 8.21. The molecule has 1 aliphatic heterocycles. The molecule has 0 radical (unpaired) electrons. The third-order valence-corrected chi connectivity index (χ3v) is 6.76. The molecule has 3 aliphatic rings. The third kappa shape index (κ3) is 4.00. The summed E-state index contributed by atoms with van der Waals surface area (Å²) in [5.74, 6) is 2.76. The van der Waals surface area contributed by atoms with Crippen LogP contribution >= 0.6 is 24.8 Å². The number of aromatic nitrogens is 3. The van der Waals surface area contributed by atoms with Crippen LogP contribution in [-0.2, 0) is 4.79 Å². The molecule has 158 valence electrons. The molecular formula is C20H27Cl2N5O2. The standard InChI is InChI=1S/C20H25N5O2.2ClH/c21-17-14-5-4-13(11-14)16(17)20(26)25-9-6-12(7-10-25)19-23-18(24-27-19)15-3-1-2-8-22-15;;/h1-3,8,12-14,16-17H,4-7,9-11,21H2;2*1H. The lowest BCUT2D eigenvalue weighted by atomic mass is 9.83. The molecule has 4 atom stereocenters. The van der Waals surface area contributed by atoms with Crippen molar-refractivity contribution in [1.29, 1.82) is 0 Å². The van der Waals surface area contributed by atoms with Crippen molar-refractivity contribution in [3.8, 4) is 11.5 Å². The van der Waals surface area contributed by atoms with Gasteiger partial charge < -0.3 is 15.2 Å². The zero-order valence-electron chi connectivity index (χ0n) is 16.1. The molecule has 2 aromatic rings. The van der Waals surface area contributed by atoms with Gasteiger partial charge in [0.1, 0.15) is 5.69 Å². The van der Waals surface area contributed by atoms with Crippen molar-refractivity contribution in [2.24, 2.45) is 23.5 Å². The zero-order valence-corrected chi connectivity index (χ0v) is 17.8. The Hall–Kier alpha value is -1.70. The number of carbonyl (C=O) groups excluding carboxylic acids is 1. The van der Waals surface area contributed by atoms with Gasteiger partial charge in [0.2, 0.25) is 17.6 Å². The van der Waals surface area contributed by atoms with Crippen LogP contribution in [-0.4, -0.2) is 45.1 Å². The predicted molar refractivity (Wildman–Crippen MR) is 113 cm³/mol. The number of nitrogens with zero attached hydrogens (tertiary/aromatic N) is 4. The van der Waals surface area contributed by atoms with Gasteiger partial charge in [0.05, 0.1) is 5.92 Å². The Morgan fingerprint density at radius 1 is 1.10 bits per heavy atom. The summed E-state index contributed by atoms with van der Waals surface area (Å²) in [6, 6.07) is 5.70. The molecule has 2 aromatic heterocycles. The number of nitrogens with two attached hydrogens (primary N) is 1. The van der Waals surface area contributed by atoms with E-state index in [0.29, 0.717) is 29.2 Å². The van der Waals surface area contributed by atoms with Gasteiger partial charge >= 0.3 is 0 Å². The van der Waals surface area contributed by atoms with Gasteiger partial charge in [-0.2, -0.15) is 4.98 Å². The van der Waals surface area contributed by atoms with Crippen molar-refractivity contribution in [2.45, 2.75) is 44.1 Å². The van der Waals surface area contributed by atoms with E-state index < -0.39 is 0 Å². The molecule has 4 unspecified atom stereocenters. The van der Waals surface area contributed by atoms with Gasteiger partial charge in [-0.3, -0.25) is 9.78 Å². The van der Waals surface area contributed by atoms with E-state index >= 15 is 0 Å². The summed E-state index contributed by atoms with van der Waals surface area (Å²) in [6.07, 6.45) is 6.94. The summed E-state index contributed by atoms with van der Waals surface area (Å²) in [5.41, 5.74) is 7.07. The number of fused-ring (bicyclic) bond motifs is 2. The van der Waals surface area contributed by atoms with Gasteiger partial charge in [-0.25, -0.2) is 0 Å². The smallest absolute Gasteiger partial charge is 0.230 e. The van der Waals surface area contributed by atoms with E-state index in [0.717, 1.165) is 32.4 Å². The Bertz CT molecular complexity index is 823. The van der Waals surface area contributed by atoms with Crippen LogP contribution in [0.25, 0.3) is 11.5 Å². The fourth-order valence-electron chi connectivity index (χ4n) is 5.26. The molecule has 5 rings (SSSR count). The molecule has 1 amide bonds. The topological polar surface area (TPSA) is 98.1 Å². The lowest BCUT2D eigenvalue weighted by Crippen LogP contribution is -2.49. The average Bonchev–Trinajstić information content (AvgIpc) is 3.45. The van der Waals surface area contributed by atoms with Crippen LogP contribution in [0.5, 0.6) is 0 Å². The number of rotatable bonds is 3. The van der Waals surface area contributed by atoms with Crippen molar-refractivity contribution in [3.05, 3.63) is 30.3 Å². The summed E-state index contributed by atoms with van der Waals surface area (Å²) in [5, 5.41) is 4.07. The van der Waals surface area contributed by atoms with Gasteiger partial charge in [-0.1, -0.05) is 11.2 Å². The first-order chi connectivity index (χ1) is 13.2. The maximum absolute atomic E-state index is 13.0. The molecule has 0 aromatic carbocycles. The highest BCUT2D eigenvalue weighted by molar-refractivity contribution is 5.85. The first-order valence-electron chi connectivity index (χ1n) is 10.00. The summed E-state index contributed by atoms with van der Waals surface area (Å²) >= 11 is 0. The van der Waals surface area contributed by atoms with Crippen molar-refractivity contribution in [1.82, 2.24) is 20.0 Å². The lowest BCUT2D eigenvalue weighted by molar-refractivity contribution is -0.138. The molecule has 2 bridgehead atoms. The molecule has 7 nitrogen and oxygen atoms in total. The van der Waals surface area contributed by atoms with Crippen LogP contribution in [0.15, 0.2) is 28.9 Å². The van der Waals surface area contributed by atoms with Gasteiger partial charge in [0, 0.05) is 31.2 Å². The van der Waals surface area contributed by atoms with Crippen LogP contribution in [0, 0.1) is 17.8 Å². The fourth-order valence-corrected chi connectivity index (χ4v) is 5.26. The van der Waals surface area contributed by atoms with E-state index in [1.807, 2.05) is 23.1 Å². The van der Waals surface area contributed by atoms with Gasteiger partial charge in [0.25, 0.3) is 0 Å². The monoisotopic (exact) mass is 439 g/mol. The Labute approximate surface area is 182 Å². The molecule has 29 heavy (non-hydrogen) atoms. The van der Waals surface area contributed by atoms with E-state index in [1.165, 1.54) is 12.8 Å². The molecule has 9 heteroatoms. The van der Waals surface area contributed by atoms with Crippen LogP contribution in [0.4, 0.5) is 0 Å². The van der Waals surface area contributed by atoms with Crippen LogP contribution < -0.4 is 5.73 Å². The maximum Gasteiger partial charge on any atom is 0.230 e. The second kappa shape index (κ2) is 8.98. The van der Waals surface area contributed by atoms with E-state index in [2.05, 4.69) is 15.1 Å². The van der Waals surface area contributed by atoms with Crippen LogP contribution in [0.1, 0.15) is 43.9 Å².